The van der Waals surface area contributed by atoms with E-state index in [1.807, 2.05) is 12.1 Å². The standard InChI is InChI=1S/C12H17NO3/c1-2-10-9(8-16-13)4-5-11-12(10)15-7-3-6-14-11/h4-5H,2-3,6-8,13H2,1H3. The number of ether oxygens (including phenoxy) is 2. The largest absolute Gasteiger partial charge is 0.490 e. The zero-order chi connectivity index (χ0) is 11.4. The Bertz CT molecular complexity index is 366. The maximum absolute atomic E-state index is 5.74. The molecule has 0 radical (unpaired) electrons. The van der Waals surface area contributed by atoms with Crippen LogP contribution in [0, 0.1) is 0 Å². The first-order valence-corrected chi connectivity index (χ1v) is 5.58. The zero-order valence-corrected chi connectivity index (χ0v) is 9.49. The van der Waals surface area contributed by atoms with Crippen molar-refractivity contribution in [1.29, 1.82) is 0 Å². The van der Waals surface area contributed by atoms with E-state index in [0.717, 1.165) is 35.5 Å². The second-order valence-corrected chi connectivity index (χ2v) is 3.75. The maximum Gasteiger partial charge on any atom is 0.164 e. The van der Waals surface area contributed by atoms with E-state index in [4.69, 9.17) is 20.2 Å². The molecule has 0 atom stereocenters. The third-order valence-corrected chi connectivity index (χ3v) is 2.71. The zero-order valence-electron chi connectivity index (χ0n) is 9.49. The Kier molecular flexibility index (Phi) is 3.64. The van der Waals surface area contributed by atoms with E-state index in [1.165, 1.54) is 0 Å². The highest BCUT2D eigenvalue weighted by Gasteiger charge is 2.16. The summed E-state index contributed by atoms with van der Waals surface area (Å²) in [5.41, 5.74) is 2.19. The number of rotatable bonds is 3. The van der Waals surface area contributed by atoms with Gasteiger partial charge < -0.3 is 9.47 Å². The highest BCUT2D eigenvalue weighted by molar-refractivity contribution is 5.51. The summed E-state index contributed by atoms with van der Waals surface area (Å²) in [4.78, 5) is 4.70. The lowest BCUT2D eigenvalue weighted by Gasteiger charge is -2.15. The van der Waals surface area contributed by atoms with Gasteiger partial charge in [0.2, 0.25) is 0 Å². The van der Waals surface area contributed by atoms with Crippen LogP contribution in [0.25, 0.3) is 0 Å². The van der Waals surface area contributed by atoms with Gasteiger partial charge in [-0.05, 0) is 18.1 Å². The normalized spacial score (nSPS) is 14.6. The number of hydrogen-bond donors (Lipinski definition) is 1. The van der Waals surface area contributed by atoms with Crippen LogP contribution in [-0.4, -0.2) is 13.2 Å². The molecule has 0 saturated heterocycles. The molecule has 0 amide bonds. The lowest BCUT2D eigenvalue weighted by Crippen LogP contribution is -2.05. The molecule has 0 aliphatic carbocycles. The number of fused-ring (bicyclic) bond motifs is 1. The number of nitrogens with two attached hydrogens (primary N) is 1. The van der Waals surface area contributed by atoms with E-state index >= 15 is 0 Å². The summed E-state index contributed by atoms with van der Waals surface area (Å²) in [7, 11) is 0. The second-order valence-electron chi connectivity index (χ2n) is 3.75. The van der Waals surface area contributed by atoms with Gasteiger partial charge in [-0.2, -0.15) is 0 Å². The molecule has 1 aromatic carbocycles. The highest BCUT2D eigenvalue weighted by Crippen LogP contribution is 2.36. The fourth-order valence-electron chi connectivity index (χ4n) is 1.95. The van der Waals surface area contributed by atoms with Crippen LogP contribution in [0.5, 0.6) is 11.5 Å². The van der Waals surface area contributed by atoms with E-state index in [9.17, 15) is 0 Å². The third kappa shape index (κ3) is 2.13. The van der Waals surface area contributed by atoms with Gasteiger partial charge in [-0.1, -0.05) is 13.0 Å². The number of benzene rings is 1. The first-order chi connectivity index (χ1) is 7.86. The smallest absolute Gasteiger partial charge is 0.164 e. The van der Waals surface area contributed by atoms with Gasteiger partial charge in [0, 0.05) is 12.0 Å². The third-order valence-electron chi connectivity index (χ3n) is 2.71. The predicted molar refractivity (Wildman–Crippen MR) is 60.4 cm³/mol. The van der Waals surface area contributed by atoms with Gasteiger partial charge in [0.05, 0.1) is 19.8 Å². The molecule has 1 heterocycles. The van der Waals surface area contributed by atoms with Gasteiger partial charge in [-0.15, -0.1) is 0 Å². The summed E-state index contributed by atoms with van der Waals surface area (Å²) in [5, 5.41) is 0. The Morgan fingerprint density at radius 1 is 1.31 bits per heavy atom. The lowest BCUT2D eigenvalue weighted by atomic mass is 10.0. The van der Waals surface area contributed by atoms with Gasteiger partial charge in [0.1, 0.15) is 0 Å². The van der Waals surface area contributed by atoms with E-state index in [-0.39, 0.29) is 0 Å². The maximum atomic E-state index is 5.74. The van der Waals surface area contributed by atoms with E-state index in [1.54, 1.807) is 0 Å². The molecule has 1 aliphatic heterocycles. The van der Waals surface area contributed by atoms with E-state index in [0.29, 0.717) is 19.8 Å². The van der Waals surface area contributed by atoms with Gasteiger partial charge in [0.15, 0.2) is 11.5 Å². The summed E-state index contributed by atoms with van der Waals surface area (Å²) in [6.07, 6.45) is 1.80. The fraction of sp³-hybridized carbons (Fsp3) is 0.500. The Balaban J connectivity index is 2.41. The van der Waals surface area contributed by atoms with Gasteiger partial charge >= 0.3 is 0 Å². The molecular formula is C12H17NO3. The van der Waals surface area contributed by atoms with Crippen molar-refractivity contribution < 1.29 is 14.3 Å². The summed E-state index contributed by atoms with van der Waals surface area (Å²) < 4.78 is 11.4. The topological polar surface area (TPSA) is 53.7 Å². The van der Waals surface area contributed by atoms with Crippen molar-refractivity contribution in [3.8, 4) is 11.5 Å². The SMILES string of the molecule is CCc1c(CON)ccc2c1OCCCO2. The summed E-state index contributed by atoms with van der Waals surface area (Å²) in [5.74, 6) is 6.80. The van der Waals surface area contributed by atoms with Crippen LogP contribution in [0.2, 0.25) is 0 Å². The Morgan fingerprint density at radius 3 is 2.88 bits per heavy atom. The molecule has 0 aromatic heterocycles. The Morgan fingerprint density at radius 2 is 2.12 bits per heavy atom. The average Bonchev–Trinajstić information content (AvgIpc) is 2.54. The van der Waals surface area contributed by atoms with Gasteiger partial charge in [-0.3, -0.25) is 4.84 Å². The van der Waals surface area contributed by atoms with Gasteiger partial charge in [0.25, 0.3) is 0 Å². The monoisotopic (exact) mass is 223 g/mol. The predicted octanol–water partition coefficient (Wildman–Crippen LogP) is 1.80. The van der Waals surface area contributed by atoms with Crippen molar-refractivity contribution in [2.45, 2.75) is 26.4 Å². The van der Waals surface area contributed by atoms with Crippen molar-refractivity contribution in [3.05, 3.63) is 23.3 Å². The second kappa shape index (κ2) is 5.18. The molecule has 1 aliphatic rings. The average molecular weight is 223 g/mol. The Labute approximate surface area is 95.2 Å². The van der Waals surface area contributed by atoms with Gasteiger partial charge in [-0.25, -0.2) is 5.90 Å². The molecular weight excluding hydrogens is 206 g/mol. The van der Waals surface area contributed by atoms with Crippen LogP contribution in [0.1, 0.15) is 24.5 Å². The fourth-order valence-corrected chi connectivity index (χ4v) is 1.95. The molecule has 0 unspecified atom stereocenters. The molecule has 88 valence electrons. The van der Waals surface area contributed by atoms with Crippen molar-refractivity contribution in [2.75, 3.05) is 13.2 Å². The van der Waals surface area contributed by atoms with Crippen molar-refractivity contribution in [2.24, 2.45) is 5.90 Å². The molecule has 1 aromatic rings. The van der Waals surface area contributed by atoms with Crippen LogP contribution in [0.3, 0.4) is 0 Å². The molecule has 2 rings (SSSR count). The summed E-state index contributed by atoms with van der Waals surface area (Å²) >= 11 is 0. The van der Waals surface area contributed by atoms with Crippen molar-refractivity contribution >= 4 is 0 Å². The summed E-state index contributed by atoms with van der Waals surface area (Å²) in [6.45, 7) is 3.90. The molecule has 2 N–H and O–H groups in total. The molecule has 0 spiro atoms. The molecule has 4 heteroatoms. The molecule has 0 saturated carbocycles. The van der Waals surface area contributed by atoms with Crippen molar-refractivity contribution in [1.82, 2.24) is 0 Å². The van der Waals surface area contributed by atoms with E-state index < -0.39 is 0 Å². The van der Waals surface area contributed by atoms with E-state index in [2.05, 4.69) is 6.92 Å². The van der Waals surface area contributed by atoms with Crippen LogP contribution >= 0.6 is 0 Å². The van der Waals surface area contributed by atoms with Crippen LogP contribution in [-0.2, 0) is 17.9 Å². The first kappa shape index (κ1) is 11.2. The minimum absolute atomic E-state index is 0.403. The minimum Gasteiger partial charge on any atom is -0.490 e. The van der Waals surface area contributed by atoms with Crippen LogP contribution in [0.4, 0.5) is 0 Å². The molecule has 4 nitrogen and oxygen atoms in total. The molecule has 16 heavy (non-hydrogen) atoms. The molecule has 0 bridgehead atoms. The Hall–Kier alpha value is -1.26. The lowest BCUT2D eigenvalue weighted by molar-refractivity contribution is 0.123. The van der Waals surface area contributed by atoms with Crippen molar-refractivity contribution in [3.63, 3.8) is 0 Å². The molecule has 0 fully saturated rings. The number of hydrogen-bond acceptors (Lipinski definition) is 4. The quantitative estimate of drug-likeness (QED) is 0.794. The first-order valence-electron chi connectivity index (χ1n) is 5.58. The summed E-state index contributed by atoms with van der Waals surface area (Å²) in [6, 6.07) is 3.91. The highest BCUT2D eigenvalue weighted by atomic mass is 16.6. The minimum atomic E-state index is 0.403. The van der Waals surface area contributed by atoms with Crippen LogP contribution < -0.4 is 15.4 Å². The van der Waals surface area contributed by atoms with Crippen LogP contribution in [0.15, 0.2) is 12.1 Å².